The van der Waals surface area contributed by atoms with Gasteiger partial charge in [0.1, 0.15) is 6.07 Å². The molecule has 3 aliphatic rings. The van der Waals surface area contributed by atoms with Crippen LogP contribution in [0.25, 0.3) is 0 Å². The van der Waals surface area contributed by atoms with E-state index >= 15 is 0 Å². The fourth-order valence-corrected chi connectivity index (χ4v) is 5.10. The van der Waals surface area contributed by atoms with E-state index in [0.29, 0.717) is 30.6 Å². The third kappa shape index (κ3) is 4.78. The van der Waals surface area contributed by atoms with Gasteiger partial charge in [-0.2, -0.15) is 5.26 Å². The maximum Gasteiger partial charge on any atom is 0.256 e. The van der Waals surface area contributed by atoms with E-state index in [4.69, 9.17) is 9.73 Å². The minimum atomic E-state index is -0.139. The second-order valence-corrected chi connectivity index (χ2v) is 9.04. The molecular weight excluding hydrogens is 450 g/mol. The lowest BCUT2D eigenvalue weighted by atomic mass is 9.90. The Labute approximate surface area is 211 Å². The normalized spacial score (nSPS) is 24.3. The van der Waals surface area contributed by atoms with Crippen LogP contribution in [0.5, 0.6) is 0 Å². The van der Waals surface area contributed by atoms with Gasteiger partial charge in [-0.25, -0.2) is 0 Å². The van der Waals surface area contributed by atoms with E-state index < -0.39 is 0 Å². The van der Waals surface area contributed by atoms with Gasteiger partial charge >= 0.3 is 0 Å². The van der Waals surface area contributed by atoms with Crippen LogP contribution in [-0.2, 0) is 4.74 Å². The van der Waals surface area contributed by atoms with E-state index in [9.17, 15) is 10.1 Å². The predicted octanol–water partition coefficient (Wildman–Crippen LogP) is 4.75. The first-order valence-electron chi connectivity index (χ1n) is 12.4. The monoisotopic (exact) mass is 479 g/mol. The molecule has 0 fully saturated rings. The van der Waals surface area contributed by atoms with E-state index in [0.717, 1.165) is 53.1 Å². The standard InChI is InChI=1S/C29H29N5O2/c1-36-26-11-6-14-32-27(26)19-12-13-24(20(17-19)18-30)31-15-16-33-28-21-7-2-3-8-22(21)29(35)34-25-10-5-4-9-23(25)28/h2-5,7-10,14,17,26,28,33H,6,11-13,15-16H2,1H3,(H,34,35)/b27-19+,31-24?. The van der Waals surface area contributed by atoms with Crippen molar-refractivity contribution in [3.63, 3.8) is 0 Å². The Morgan fingerprint density at radius 1 is 1.17 bits per heavy atom. The zero-order valence-corrected chi connectivity index (χ0v) is 20.3. The molecule has 2 N–H and O–H groups in total. The minimum absolute atomic E-state index is 0.0180. The highest BCUT2D eigenvalue weighted by molar-refractivity contribution is 6.07. The van der Waals surface area contributed by atoms with E-state index in [1.165, 1.54) is 0 Å². The van der Waals surface area contributed by atoms with Crippen LogP contribution in [-0.4, -0.2) is 44.1 Å². The maximum absolute atomic E-state index is 12.8. The highest BCUT2D eigenvalue weighted by atomic mass is 16.5. The van der Waals surface area contributed by atoms with Crippen LogP contribution in [0, 0.1) is 11.3 Å². The summed E-state index contributed by atoms with van der Waals surface area (Å²) in [5.74, 6) is -0.100. The van der Waals surface area contributed by atoms with Crippen molar-refractivity contribution in [2.24, 2.45) is 9.98 Å². The maximum atomic E-state index is 12.8. The van der Waals surface area contributed by atoms with Crippen molar-refractivity contribution in [2.75, 3.05) is 25.5 Å². The zero-order chi connectivity index (χ0) is 24.9. The first-order valence-corrected chi connectivity index (χ1v) is 12.4. The topological polar surface area (TPSA) is 98.9 Å². The van der Waals surface area contributed by atoms with Crippen LogP contribution in [0.15, 0.2) is 81.4 Å². The van der Waals surface area contributed by atoms with Gasteiger partial charge in [-0.1, -0.05) is 36.4 Å². The van der Waals surface area contributed by atoms with E-state index in [1.54, 1.807) is 7.11 Å². The number of amides is 1. The number of aliphatic imine (C=N–C) groups is 2. The van der Waals surface area contributed by atoms with Crippen molar-refractivity contribution in [1.82, 2.24) is 5.32 Å². The molecule has 182 valence electrons. The van der Waals surface area contributed by atoms with Gasteiger partial charge in [-0.05, 0) is 60.6 Å². The summed E-state index contributed by atoms with van der Waals surface area (Å²) in [6, 6.07) is 17.7. The number of nitrogens with zero attached hydrogens (tertiary/aromatic N) is 3. The number of allylic oxidation sites excluding steroid dienone is 3. The SMILES string of the molecule is COC1CCC=N/C1=C1/C=C(C#N)C(=NCCNC2c3ccccc3NC(=O)c3ccccc32)CC1. The molecule has 0 saturated heterocycles. The first-order chi connectivity index (χ1) is 17.7. The Hall–Kier alpha value is -3.86. The summed E-state index contributed by atoms with van der Waals surface area (Å²) in [7, 11) is 1.71. The predicted molar refractivity (Wildman–Crippen MR) is 141 cm³/mol. The number of methoxy groups -OCH3 is 1. The van der Waals surface area contributed by atoms with Crippen LogP contribution < -0.4 is 10.6 Å². The molecule has 0 aromatic heterocycles. The van der Waals surface area contributed by atoms with Crippen LogP contribution in [0.3, 0.4) is 0 Å². The van der Waals surface area contributed by atoms with Crippen LogP contribution >= 0.6 is 0 Å². The number of nitrogens with one attached hydrogen (secondary N) is 2. The number of carbonyl (C=O) groups excluding carboxylic acids is 1. The number of nitriles is 1. The Morgan fingerprint density at radius 3 is 2.81 bits per heavy atom. The zero-order valence-electron chi connectivity index (χ0n) is 20.3. The second kappa shape index (κ2) is 10.8. The van der Waals surface area contributed by atoms with Gasteiger partial charge in [0.2, 0.25) is 0 Å². The van der Waals surface area contributed by atoms with Gasteiger partial charge in [0.15, 0.2) is 0 Å². The number of fused-ring (bicyclic) bond motifs is 2. The number of ether oxygens (including phenoxy) is 1. The molecule has 1 amide bonds. The number of hydrogen-bond donors (Lipinski definition) is 2. The molecule has 0 saturated carbocycles. The molecule has 2 aromatic rings. The Balaban J connectivity index is 1.33. The van der Waals surface area contributed by atoms with E-state index in [2.05, 4.69) is 21.7 Å². The minimum Gasteiger partial charge on any atom is -0.375 e. The fourth-order valence-electron chi connectivity index (χ4n) is 5.10. The van der Waals surface area contributed by atoms with Gasteiger partial charge in [0, 0.05) is 31.1 Å². The summed E-state index contributed by atoms with van der Waals surface area (Å²) in [5.41, 5.74) is 6.87. The molecule has 2 unspecified atom stereocenters. The molecule has 1 aliphatic carbocycles. The van der Waals surface area contributed by atoms with Gasteiger partial charge < -0.3 is 15.4 Å². The molecule has 0 radical (unpaired) electrons. The summed E-state index contributed by atoms with van der Waals surface area (Å²) in [6.07, 6.45) is 7.16. The third-order valence-electron chi connectivity index (χ3n) is 6.89. The molecule has 36 heavy (non-hydrogen) atoms. The van der Waals surface area contributed by atoms with Crippen LogP contribution in [0.1, 0.15) is 53.2 Å². The molecule has 5 rings (SSSR count). The average Bonchev–Trinajstić information content (AvgIpc) is 3.05. The van der Waals surface area contributed by atoms with Crippen molar-refractivity contribution in [2.45, 2.75) is 37.8 Å². The number of para-hydroxylation sites is 1. The lowest BCUT2D eigenvalue weighted by Gasteiger charge is -2.23. The molecule has 0 bridgehead atoms. The molecule has 2 aliphatic heterocycles. The molecule has 2 heterocycles. The van der Waals surface area contributed by atoms with Gasteiger partial charge in [-0.15, -0.1) is 0 Å². The second-order valence-electron chi connectivity index (χ2n) is 9.04. The number of carbonyl (C=O) groups is 1. The smallest absolute Gasteiger partial charge is 0.256 e. The van der Waals surface area contributed by atoms with Crippen molar-refractivity contribution in [3.8, 4) is 6.07 Å². The number of hydrogen-bond acceptors (Lipinski definition) is 6. The largest absolute Gasteiger partial charge is 0.375 e. The highest BCUT2D eigenvalue weighted by Gasteiger charge is 2.27. The Kier molecular flexibility index (Phi) is 7.17. The molecule has 7 heteroatoms. The summed E-state index contributed by atoms with van der Waals surface area (Å²) in [4.78, 5) is 22.1. The highest BCUT2D eigenvalue weighted by Crippen LogP contribution is 2.34. The van der Waals surface area contributed by atoms with Gasteiger partial charge in [-0.3, -0.25) is 14.8 Å². The van der Waals surface area contributed by atoms with Crippen molar-refractivity contribution < 1.29 is 9.53 Å². The summed E-state index contributed by atoms with van der Waals surface area (Å²) >= 11 is 0. The van der Waals surface area contributed by atoms with Crippen molar-refractivity contribution in [1.29, 1.82) is 5.26 Å². The average molecular weight is 480 g/mol. The van der Waals surface area contributed by atoms with E-state index in [1.807, 2.05) is 60.8 Å². The first kappa shape index (κ1) is 23.9. The van der Waals surface area contributed by atoms with E-state index in [-0.39, 0.29) is 18.1 Å². The number of anilines is 1. The summed E-state index contributed by atoms with van der Waals surface area (Å²) < 4.78 is 5.61. The molecule has 7 nitrogen and oxygen atoms in total. The van der Waals surface area contributed by atoms with Crippen LogP contribution in [0.4, 0.5) is 5.69 Å². The Bertz CT molecular complexity index is 1330. The lowest BCUT2D eigenvalue weighted by molar-refractivity contribution is 0.102. The van der Waals surface area contributed by atoms with Crippen LogP contribution in [0.2, 0.25) is 0 Å². The number of benzene rings is 2. The summed E-state index contributed by atoms with van der Waals surface area (Å²) in [5, 5.41) is 16.4. The Morgan fingerprint density at radius 2 is 1.97 bits per heavy atom. The fraction of sp³-hybridized carbons (Fsp3) is 0.310. The molecule has 0 spiro atoms. The third-order valence-corrected chi connectivity index (χ3v) is 6.89. The lowest BCUT2D eigenvalue weighted by Crippen LogP contribution is -2.26. The number of rotatable bonds is 5. The van der Waals surface area contributed by atoms with Gasteiger partial charge in [0.05, 0.1) is 35.7 Å². The molecule has 2 aromatic carbocycles. The molecule has 2 atom stereocenters. The quantitative estimate of drug-likeness (QED) is 0.605. The van der Waals surface area contributed by atoms with Crippen molar-refractivity contribution in [3.05, 3.63) is 88.1 Å². The van der Waals surface area contributed by atoms with Crippen molar-refractivity contribution >= 4 is 23.5 Å². The van der Waals surface area contributed by atoms with Gasteiger partial charge in [0.25, 0.3) is 5.91 Å². The summed E-state index contributed by atoms with van der Waals surface area (Å²) in [6.45, 7) is 1.13. The molecular formula is C29H29N5O2.